The first-order valence-electron chi connectivity index (χ1n) is 7.45. The maximum atomic E-state index is 12.4. The number of carbonyl (C=O) groups excluding carboxylic acids is 2. The highest BCUT2D eigenvalue weighted by Crippen LogP contribution is 2.17. The molecule has 1 aliphatic heterocycles. The number of aryl methyl sites for hydroxylation is 1. The lowest BCUT2D eigenvalue weighted by Crippen LogP contribution is -2.51. The minimum absolute atomic E-state index is 0.102. The fourth-order valence-electron chi connectivity index (χ4n) is 2.46. The van der Waals surface area contributed by atoms with Gasteiger partial charge in [0, 0.05) is 30.7 Å². The molecule has 5 nitrogen and oxygen atoms in total. The molecule has 0 N–H and O–H groups in total. The van der Waals surface area contributed by atoms with Gasteiger partial charge in [-0.1, -0.05) is 22.0 Å². The molecule has 0 radical (unpaired) electrons. The minimum Gasteiger partial charge on any atom is -0.450 e. The summed E-state index contributed by atoms with van der Waals surface area (Å²) >= 11 is 3.44. The molecule has 0 spiro atoms. The zero-order chi connectivity index (χ0) is 16.1. The number of benzene rings is 1. The molecule has 1 aromatic carbocycles. The van der Waals surface area contributed by atoms with Crippen molar-refractivity contribution in [2.45, 2.75) is 20.3 Å². The molecule has 0 aromatic heterocycles. The monoisotopic (exact) mass is 368 g/mol. The van der Waals surface area contributed by atoms with Crippen LogP contribution in [0.3, 0.4) is 0 Å². The fraction of sp³-hybridized carbons (Fsp3) is 0.500. The second-order valence-corrected chi connectivity index (χ2v) is 6.23. The fourth-order valence-corrected chi connectivity index (χ4v) is 2.87. The van der Waals surface area contributed by atoms with Gasteiger partial charge in [-0.05, 0) is 37.1 Å². The predicted octanol–water partition coefficient (Wildman–Crippen LogP) is 2.60. The van der Waals surface area contributed by atoms with E-state index < -0.39 is 0 Å². The summed E-state index contributed by atoms with van der Waals surface area (Å²) < 4.78 is 5.96. The number of hydrogen-bond acceptors (Lipinski definition) is 3. The zero-order valence-corrected chi connectivity index (χ0v) is 14.6. The van der Waals surface area contributed by atoms with Gasteiger partial charge in [0.1, 0.15) is 0 Å². The Morgan fingerprint density at radius 3 is 2.45 bits per heavy atom. The van der Waals surface area contributed by atoms with Gasteiger partial charge in [-0.3, -0.25) is 4.79 Å². The molecule has 1 fully saturated rings. The summed E-state index contributed by atoms with van der Waals surface area (Å²) in [5.41, 5.74) is 2.15. The quantitative estimate of drug-likeness (QED) is 0.823. The van der Waals surface area contributed by atoms with Crippen molar-refractivity contribution < 1.29 is 14.3 Å². The van der Waals surface area contributed by atoms with Crippen LogP contribution in [0, 0.1) is 6.92 Å². The van der Waals surface area contributed by atoms with E-state index in [2.05, 4.69) is 15.9 Å². The number of halogens is 1. The summed E-state index contributed by atoms with van der Waals surface area (Å²) in [4.78, 5) is 27.5. The van der Waals surface area contributed by atoms with Crippen molar-refractivity contribution in [3.63, 3.8) is 0 Å². The Bertz CT molecular complexity index is 554. The lowest BCUT2D eigenvalue weighted by molar-refractivity contribution is -0.132. The third-order valence-corrected chi connectivity index (χ3v) is 4.30. The molecule has 0 saturated carbocycles. The Labute approximate surface area is 139 Å². The van der Waals surface area contributed by atoms with Gasteiger partial charge in [0.25, 0.3) is 0 Å². The first-order chi connectivity index (χ1) is 10.5. The van der Waals surface area contributed by atoms with Gasteiger partial charge in [-0.2, -0.15) is 0 Å². The van der Waals surface area contributed by atoms with Crippen LogP contribution in [0.4, 0.5) is 4.79 Å². The largest absolute Gasteiger partial charge is 0.450 e. The Balaban J connectivity index is 1.90. The van der Waals surface area contributed by atoms with Gasteiger partial charge >= 0.3 is 6.09 Å². The van der Waals surface area contributed by atoms with Crippen molar-refractivity contribution in [1.82, 2.24) is 9.80 Å². The molecule has 0 unspecified atom stereocenters. The molecule has 0 bridgehead atoms. The van der Waals surface area contributed by atoms with Gasteiger partial charge in [-0.25, -0.2) is 4.79 Å². The highest BCUT2D eigenvalue weighted by molar-refractivity contribution is 9.10. The molecule has 1 heterocycles. The highest BCUT2D eigenvalue weighted by atomic mass is 79.9. The van der Waals surface area contributed by atoms with Crippen LogP contribution in [0.2, 0.25) is 0 Å². The lowest BCUT2D eigenvalue weighted by Gasteiger charge is -2.34. The van der Waals surface area contributed by atoms with E-state index in [9.17, 15) is 9.59 Å². The average Bonchev–Trinajstić information content (AvgIpc) is 2.51. The summed E-state index contributed by atoms with van der Waals surface area (Å²) in [6, 6.07) is 5.97. The topological polar surface area (TPSA) is 49.9 Å². The number of carbonyl (C=O) groups is 2. The highest BCUT2D eigenvalue weighted by Gasteiger charge is 2.24. The summed E-state index contributed by atoms with van der Waals surface area (Å²) in [7, 11) is 0. The van der Waals surface area contributed by atoms with Gasteiger partial charge in [0.15, 0.2) is 0 Å². The van der Waals surface area contributed by atoms with Crippen LogP contribution in [0.5, 0.6) is 0 Å². The van der Waals surface area contributed by atoms with E-state index in [1.54, 1.807) is 11.8 Å². The molecule has 0 aliphatic carbocycles. The number of amides is 2. The molecule has 120 valence electrons. The van der Waals surface area contributed by atoms with Crippen LogP contribution in [-0.2, 0) is 16.0 Å². The van der Waals surface area contributed by atoms with Crippen LogP contribution >= 0.6 is 15.9 Å². The van der Waals surface area contributed by atoms with Crippen molar-refractivity contribution in [3.05, 3.63) is 33.8 Å². The Morgan fingerprint density at radius 2 is 1.82 bits per heavy atom. The first-order valence-corrected chi connectivity index (χ1v) is 8.25. The molecule has 0 atom stereocenters. The standard InChI is InChI=1S/C16H21BrN2O3/c1-3-22-16(21)19-8-6-18(7-9-19)15(20)11-13-10-14(17)5-4-12(13)2/h4-5,10H,3,6-9,11H2,1-2H3. The Kier molecular flexibility index (Phi) is 5.83. The SMILES string of the molecule is CCOC(=O)N1CCN(C(=O)Cc2cc(Br)ccc2C)CC1. The number of nitrogens with zero attached hydrogens (tertiary/aromatic N) is 2. The third kappa shape index (κ3) is 4.22. The smallest absolute Gasteiger partial charge is 0.409 e. The van der Waals surface area contributed by atoms with Crippen LogP contribution in [-0.4, -0.2) is 54.6 Å². The first kappa shape index (κ1) is 16.8. The Hall–Kier alpha value is -1.56. The van der Waals surface area contributed by atoms with Gasteiger partial charge in [0.2, 0.25) is 5.91 Å². The molecular weight excluding hydrogens is 348 g/mol. The predicted molar refractivity (Wildman–Crippen MR) is 87.8 cm³/mol. The number of hydrogen-bond donors (Lipinski definition) is 0. The maximum Gasteiger partial charge on any atom is 0.409 e. The number of piperazine rings is 1. The van der Waals surface area contributed by atoms with E-state index in [-0.39, 0.29) is 12.0 Å². The normalized spacial score (nSPS) is 14.9. The van der Waals surface area contributed by atoms with E-state index in [0.717, 1.165) is 15.6 Å². The Morgan fingerprint density at radius 1 is 1.18 bits per heavy atom. The van der Waals surface area contributed by atoms with Crippen molar-refractivity contribution in [2.75, 3.05) is 32.8 Å². The third-order valence-electron chi connectivity index (χ3n) is 3.81. The van der Waals surface area contributed by atoms with Gasteiger partial charge < -0.3 is 14.5 Å². The molecule has 2 amide bonds. The molecule has 22 heavy (non-hydrogen) atoms. The van der Waals surface area contributed by atoms with Crippen molar-refractivity contribution in [2.24, 2.45) is 0 Å². The van der Waals surface area contributed by atoms with E-state index in [1.807, 2.05) is 30.0 Å². The van der Waals surface area contributed by atoms with Crippen LogP contribution in [0.25, 0.3) is 0 Å². The van der Waals surface area contributed by atoms with E-state index in [0.29, 0.717) is 39.2 Å². The van der Waals surface area contributed by atoms with Gasteiger partial charge in [-0.15, -0.1) is 0 Å². The van der Waals surface area contributed by atoms with Crippen LogP contribution in [0.15, 0.2) is 22.7 Å². The second kappa shape index (κ2) is 7.63. The second-order valence-electron chi connectivity index (χ2n) is 5.31. The summed E-state index contributed by atoms with van der Waals surface area (Å²) in [5.74, 6) is 0.102. The molecular formula is C16H21BrN2O3. The van der Waals surface area contributed by atoms with E-state index in [4.69, 9.17) is 4.74 Å². The van der Waals surface area contributed by atoms with Gasteiger partial charge in [0.05, 0.1) is 13.0 Å². The molecule has 1 saturated heterocycles. The van der Waals surface area contributed by atoms with Crippen molar-refractivity contribution >= 4 is 27.9 Å². The van der Waals surface area contributed by atoms with Crippen molar-refractivity contribution in [1.29, 1.82) is 0 Å². The minimum atomic E-state index is -0.294. The number of ether oxygens (including phenoxy) is 1. The van der Waals surface area contributed by atoms with Crippen molar-refractivity contribution in [3.8, 4) is 0 Å². The molecule has 1 aromatic rings. The average molecular weight is 369 g/mol. The summed E-state index contributed by atoms with van der Waals surface area (Å²) in [6.07, 6.45) is 0.0995. The molecule has 1 aliphatic rings. The number of rotatable bonds is 3. The summed E-state index contributed by atoms with van der Waals surface area (Å²) in [5, 5.41) is 0. The lowest BCUT2D eigenvalue weighted by atomic mass is 10.1. The van der Waals surface area contributed by atoms with Crippen LogP contribution in [0.1, 0.15) is 18.1 Å². The van der Waals surface area contributed by atoms with E-state index in [1.165, 1.54) is 0 Å². The van der Waals surface area contributed by atoms with E-state index >= 15 is 0 Å². The zero-order valence-electron chi connectivity index (χ0n) is 13.0. The maximum absolute atomic E-state index is 12.4. The summed E-state index contributed by atoms with van der Waals surface area (Å²) in [6.45, 7) is 6.35. The molecule has 6 heteroatoms. The molecule has 2 rings (SSSR count). The van der Waals surface area contributed by atoms with Crippen LogP contribution < -0.4 is 0 Å².